The lowest BCUT2D eigenvalue weighted by molar-refractivity contribution is 0.296. The molecule has 0 aliphatic carbocycles. The molecule has 0 radical (unpaired) electrons. The smallest absolute Gasteiger partial charge is 0.144 e. The second kappa shape index (κ2) is 5.24. The Balaban J connectivity index is 3.30. The molecule has 3 nitrogen and oxygen atoms in total. The van der Waals surface area contributed by atoms with Gasteiger partial charge in [0, 0.05) is 6.61 Å². The average molecular weight is 231 g/mol. The van der Waals surface area contributed by atoms with Crippen LogP contribution in [-0.4, -0.2) is 25.9 Å². The number of hydrogen-bond donors (Lipinski definition) is 1. The normalized spacial score (nSPS) is 10.2. The summed E-state index contributed by atoms with van der Waals surface area (Å²) in [6, 6.07) is 1.92. The minimum Gasteiger partial charge on any atom is -0.495 e. The predicted octanol–water partition coefficient (Wildman–Crippen LogP) is 2.20. The number of aliphatic hydroxyl groups excluding tert-OH is 1. The maximum absolute atomic E-state index is 8.92. The molecule has 15 heavy (non-hydrogen) atoms. The highest BCUT2D eigenvalue weighted by Crippen LogP contribution is 2.39. The van der Waals surface area contributed by atoms with Crippen LogP contribution in [0.2, 0.25) is 5.02 Å². The molecule has 0 aliphatic heterocycles. The van der Waals surface area contributed by atoms with Crippen molar-refractivity contribution >= 4 is 11.6 Å². The summed E-state index contributed by atoms with van der Waals surface area (Å²) < 4.78 is 10.4. The van der Waals surface area contributed by atoms with Gasteiger partial charge in [-0.3, -0.25) is 0 Å². The molecule has 0 saturated heterocycles. The molecule has 4 heteroatoms. The van der Waals surface area contributed by atoms with Crippen molar-refractivity contribution in [2.45, 2.75) is 13.3 Å². The molecule has 1 aromatic carbocycles. The van der Waals surface area contributed by atoms with Gasteiger partial charge in [0.15, 0.2) is 0 Å². The monoisotopic (exact) mass is 230 g/mol. The number of hydrogen-bond acceptors (Lipinski definition) is 3. The molecule has 0 atom stereocenters. The Hall–Kier alpha value is -0.930. The van der Waals surface area contributed by atoms with E-state index in [9.17, 15) is 0 Å². The van der Waals surface area contributed by atoms with E-state index in [4.69, 9.17) is 26.2 Å². The molecule has 0 bridgehead atoms. The molecule has 1 N–H and O–H groups in total. The number of halogens is 1. The number of rotatable bonds is 4. The van der Waals surface area contributed by atoms with Crippen LogP contribution < -0.4 is 9.47 Å². The summed E-state index contributed by atoms with van der Waals surface area (Å²) in [6.07, 6.45) is 0.522. The molecule has 0 unspecified atom stereocenters. The van der Waals surface area contributed by atoms with Crippen LogP contribution in [0.1, 0.15) is 11.1 Å². The van der Waals surface area contributed by atoms with Gasteiger partial charge in [0.05, 0.1) is 14.2 Å². The van der Waals surface area contributed by atoms with Crippen molar-refractivity contribution in [3.05, 3.63) is 22.2 Å². The van der Waals surface area contributed by atoms with Gasteiger partial charge in [0.25, 0.3) is 0 Å². The fourth-order valence-corrected chi connectivity index (χ4v) is 2.01. The van der Waals surface area contributed by atoms with E-state index in [-0.39, 0.29) is 6.61 Å². The summed E-state index contributed by atoms with van der Waals surface area (Å²) in [6.45, 7) is 1.98. The zero-order valence-electron chi connectivity index (χ0n) is 9.13. The van der Waals surface area contributed by atoms with Crippen molar-refractivity contribution in [3.63, 3.8) is 0 Å². The van der Waals surface area contributed by atoms with E-state index in [1.54, 1.807) is 14.2 Å². The van der Waals surface area contributed by atoms with Crippen LogP contribution in [0.5, 0.6) is 11.5 Å². The first-order chi connectivity index (χ1) is 7.15. The number of ether oxygens (including phenoxy) is 2. The fourth-order valence-electron chi connectivity index (χ4n) is 1.59. The second-order valence-corrected chi connectivity index (χ2v) is 3.58. The van der Waals surface area contributed by atoms with E-state index >= 15 is 0 Å². The van der Waals surface area contributed by atoms with Gasteiger partial charge in [0.2, 0.25) is 0 Å². The molecule has 0 spiro atoms. The summed E-state index contributed by atoms with van der Waals surface area (Å²) >= 11 is 6.12. The van der Waals surface area contributed by atoms with Crippen LogP contribution in [-0.2, 0) is 6.42 Å². The minimum atomic E-state index is 0.0679. The highest BCUT2D eigenvalue weighted by Gasteiger charge is 2.15. The highest BCUT2D eigenvalue weighted by molar-refractivity contribution is 6.33. The van der Waals surface area contributed by atoms with Crippen molar-refractivity contribution < 1.29 is 14.6 Å². The van der Waals surface area contributed by atoms with Crippen molar-refractivity contribution in [2.24, 2.45) is 0 Å². The van der Waals surface area contributed by atoms with Gasteiger partial charge < -0.3 is 14.6 Å². The minimum absolute atomic E-state index is 0.0679. The topological polar surface area (TPSA) is 38.7 Å². The molecule has 0 heterocycles. The lowest BCUT2D eigenvalue weighted by Gasteiger charge is -2.14. The third kappa shape index (κ3) is 2.36. The summed E-state index contributed by atoms with van der Waals surface area (Å²) in [4.78, 5) is 0. The standard InChI is InChI=1S/C11H15ClO3/c1-7-6-8(4-5-13)11(15-3)9(12)10(7)14-2/h6,13H,4-5H2,1-3H3. The number of benzene rings is 1. The van der Waals surface area contributed by atoms with Crippen molar-refractivity contribution in [1.29, 1.82) is 0 Å². The van der Waals surface area contributed by atoms with Crippen LogP contribution in [0.15, 0.2) is 6.07 Å². The molecule has 1 aromatic rings. The molecule has 0 saturated carbocycles. The fraction of sp³-hybridized carbons (Fsp3) is 0.455. The van der Waals surface area contributed by atoms with Crippen LogP contribution in [0.3, 0.4) is 0 Å². The first-order valence-electron chi connectivity index (χ1n) is 4.66. The van der Waals surface area contributed by atoms with E-state index in [0.717, 1.165) is 11.1 Å². The quantitative estimate of drug-likeness (QED) is 0.862. The Kier molecular flexibility index (Phi) is 4.24. The van der Waals surface area contributed by atoms with Crippen LogP contribution >= 0.6 is 11.6 Å². The Labute approximate surface area is 94.6 Å². The summed E-state index contributed by atoms with van der Waals surface area (Å²) in [7, 11) is 3.12. The Bertz CT molecular complexity index is 350. The van der Waals surface area contributed by atoms with Crippen LogP contribution in [0.4, 0.5) is 0 Å². The molecule has 0 fully saturated rings. The highest BCUT2D eigenvalue weighted by atomic mass is 35.5. The maximum atomic E-state index is 8.92. The largest absolute Gasteiger partial charge is 0.495 e. The molecule has 0 aliphatic rings. The second-order valence-electron chi connectivity index (χ2n) is 3.21. The molecular formula is C11H15ClO3. The molecule has 84 valence electrons. The zero-order chi connectivity index (χ0) is 11.4. The van der Waals surface area contributed by atoms with E-state index in [2.05, 4.69) is 0 Å². The maximum Gasteiger partial charge on any atom is 0.144 e. The number of aryl methyl sites for hydroxylation is 1. The summed E-state index contributed by atoms with van der Waals surface area (Å²) in [5, 5.41) is 9.38. The van der Waals surface area contributed by atoms with Crippen molar-refractivity contribution in [3.8, 4) is 11.5 Å². The van der Waals surface area contributed by atoms with Gasteiger partial charge in [-0.2, -0.15) is 0 Å². The van der Waals surface area contributed by atoms with Crippen molar-refractivity contribution in [1.82, 2.24) is 0 Å². The zero-order valence-corrected chi connectivity index (χ0v) is 9.89. The Morgan fingerprint density at radius 1 is 1.27 bits per heavy atom. The van der Waals surface area contributed by atoms with Crippen LogP contribution in [0.25, 0.3) is 0 Å². The Morgan fingerprint density at radius 3 is 2.33 bits per heavy atom. The predicted molar refractivity (Wildman–Crippen MR) is 60.1 cm³/mol. The molecule has 0 amide bonds. The first kappa shape index (κ1) is 12.1. The van der Waals surface area contributed by atoms with Gasteiger partial charge in [-0.1, -0.05) is 11.6 Å². The lowest BCUT2D eigenvalue weighted by Crippen LogP contribution is -2.00. The van der Waals surface area contributed by atoms with Gasteiger partial charge in [-0.15, -0.1) is 0 Å². The SMILES string of the molecule is COc1c(C)cc(CCO)c(OC)c1Cl. The van der Waals surface area contributed by atoms with Crippen molar-refractivity contribution in [2.75, 3.05) is 20.8 Å². The molecular weight excluding hydrogens is 216 g/mol. The van der Waals surface area contributed by atoms with Gasteiger partial charge in [-0.05, 0) is 30.5 Å². The molecule has 0 aromatic heterocycles. The van der Waals surface area contributed by atoms with E-state index in [1.165, 1.54) is 0 Å². The van der Waals surface area contributed by atoms with Crippen LogP contribution in [0, 0.1) is 6.92 Å². The average Bonchev–Trinajstić information content (AvgIpc) is 2.19. The van der Waals surface area contributed by atoms with Gasteiger partial charge in [-0.25, -0.2) is 0 Å². The third-order valence-corrected chi connectivity index (χ3v) is 2.57. The van der Waals surface area contributed by atoms with E-state index in [0.29, 0.717) is 22.9 Å². The van der Waals surface area contributed by atoms with Gasteiger partial charge in [0.1, 0.15) is 16.5 Å². The number of aliphatic hydroxyl groups is 1. The summed E-state index contributed by atoms with van der Waals surface area (Å²) in [5.41, 5.74) is 1.83. The lowest BCUT2D eigenvalue weighted by atomic mass is 10.1. The van der Waals surface area contributed by atoms with E-state index < -0.39 is 0 Å². The summed E-state index contributed by atoms with van der Waals surface area (Å²) in [5.74, 6) is 1.20. The molecule has 1 rings (SSSR count). The third-order valence-electron chi connectivity index (χ3n) is 2.23. The van der Waals surface area contributed by atoms with Gasteiger partial charge >= 0.3 is 0 Å². The first-order valence-corrected chi connectivity index (χ1v) is 5.04. The van der Waals surface area contributed by atoms with E-state index in [1.807, 2.05) is 13.0 Å². The number of methoxy groups -OCH3 is 2. The Morgan fingerprint density at radius 2 is 1.87 bits per heavy atom.